The topological polar surface area (TPSA) is 62.1 Å². The van der Waals surface area contributed by atoms with Crippen LogP contribution >= 0.6 is 11.8 Å². The molecule has 3 rings (SSSR count). The van der Waals surface area contributed by atoms with Crippen molar-refractivity contribution in [3.63, 3.8) is 0 Å². The van der Waals surface area contributed by atoms with Crippen molar-refractivity contribution < 1.29 is 14.6 Å². The van der Waals surface area contributed by atoms with Gasteiger partial charge >= 0.3 is 0 Å². The smallest absolute Gasteiger partial charge is 0.266 e. The fourth-order valence-corrected chi connectivity index (χ4v) is 3.19. The zero-order valence-corrected chi connectivity index (χ0v) is 14.1. The minimum Gasteiger partial charge on any atom is -0.508 e. The van der Waals surface area contributed by atoms with E-state index in [4.69, 9.17) is 4.74 Å². The zero-order chi connectivity index (χ0) is 17.1. The third-order valence-corrected chi connectivity index (χ3v) is 4.51. The lowest BCUT2D eigenvalue weighted by molar-refractivity contribution is -0.121. The van der Waals surface area contributed by atoms with Crippen LogP contribution in [0.5, 0.6) is 11.5 Å². The molecule has 1 aliphatic rings. The first-order valence-corrected chi connectivity index (χ1v) is 8.08. The Morgan fingerprint density at radius 2 is 2.00 bits per heavy atom. The molecular weight excluding hydrogens is 324 g/mol. The Labute approximate surface area is 144 Å². The number of aliphatic imine (C=N–C) groups is 1. The number of carbonyl (C=O) groups excluding carboxylic acids is 1. The monoisotopic (exact) mass is 340 g/mol. The van der Waals surface area contributed by atoms with Crippen LogP contribution in [0.2, 0.25) is 0 Å². The van der Waals surface area contributed by atoms with E-state index >= 15 is 0 Å². The first-order chi connectivity index (χ1) is 11.6. The molecule has 0 aliphatic carbocycles. The Balaban J connectivity index is 1.89. The molecule has 1 aliphatic heterocycles. The molecule has 1 N–H and O–H groups in total. The quantitative estimate of drug-likeness (QED) is 0.867. The van der Waals surface area contributed by atoms with Crippen LogP contribution in [0.3, 0.4) is 0 Å². The number of hydrogen-bond acceptors (Lipinski definition) is 5. The largest absolute Gasteiger partial charge is 0.508 e. The molecule has 0 aromatic heterocycles. The maximum atomic E-state index is 12.4. The van der Waals surface area contributed by atoms with E-state index in [0.29, 0.717) is 15.8 Å². The summed E-state index contributed by atoms with van der Waals surface area (Å²) in [7, 11) is 3.29. The second-order valence-corrected chi connectivity index (χ2v) is 6.17. The van der Waals surface area contributed by atoms with Gasteiger partial charge in [-0.2, -0.15) is 0 Å². The maximum Gasteiger partial charge on any atom is 0.266 e. The van der Waals surface area contributed by atoms with Gasteiger partial charge in [0.2, 0.25) is 0 Å². The molecule has 5 nitrogen and oxygen atoms in total. The number of phenolic OH excluding ortho intramolecular Hbond substituents is 1. The Kier molecular flexibility index (Phi) is 4.57. The van der Waals surface area contributed by atoms with Gasteiger partial charge < -0.3 is 9.84 Å². The molecule has 1 saturated heterocycles. The molecule has 1 heterocycles. The van der Waals surface area contributed by atoms with Crippen molar-refractivity contribution in [2.45, 2.75) is 0 Å². The molecule has 1 amide bonds. The number of thioether (sulfide) groups is 1. The molecule has 2 aromatic rings. The van der Waals surface area contributed by atoms with Crippen LogP contribution < -0.4 is 4.74 Å². The molecule has 24 heavy (non-hydrogen) atoms. The summed E-state index contributed by atoms with van der Waals surface area (Å²) < 4.78 is 5.20. The Hall–Kier alpha value is -2.73. The van der Waals surface area contributed by atoms with Crippen LogP contribution in [0.15, 0.2) is 58.4 Å². The number of methoxy groups -OCH3 is 1. The first-order valence-electron chi connectivity index (χ1n) is 7.26. The number of hydrogen-bond donors (Lipinski definition) is 1. The number of nitrogens with zero attached hydrogens (tertiary/aromatic N) is 2. The standard InChI is InChI=1S/C18H16N2O3S/c1-20-17(22)16(10-12-5-3-8-15(9-12)23-2)24-18(20)19-13-6-4-7-14(21)11-13/h3-11,21H,1-2H3/b16-10-,19-18?. The van der Waals surface area contributed by atoms with Crippen molar-refractivity contribution in [1.29, 1.82) is 0 Å². The predicted octanol–water partition coefficient (Wildman–Crippen LogP) is 3.63. The van der Waals surface area contributed by atoms with Gasteiger partial charge in [0, 0.05) is 13.1 Å². The second-order valence-electron chi connectivity index (χ2n) is 5.17. The van der Waals surface area contributed by atoms with Crippen molar-refractivity contribution in [3.8, 4) is 11.5 Å². The molecule has 0 bridgehead atoms. The summed E-state index contributed by atoms with van der Waals surface area (Å²) in [5, 5.41) is 10.1. The summed E-state index contributed by atoms with van der Waals surface area (Å²) in [6, 6.07) is 14.1. The number of phenols is 1. The molecule has 1 fully saturated rings. The number of amidine groups is 1. The Bertz CT molecular complexity index is 846. The molecule has 0 atom stereocenters. The summed E-state index contributed by atoms with van der Waals surface area (Å²) in [6.45, 7) is 0. The molecule has 0 saturated carbocycles. The number of aromatic hydroxyl groups is 1. The lowest BCUT2D eigenvalue weighted by Crippen LogP contribution is -2.23. The molecule has 0 spiro atoms. The van der Waals surface area contributed by atoms with Gasteiger partial charge in [-0.1, -0.05) is 18.2 Å². The van der Waals surface area contributed by atoms with Crippen molar-refractivity contribution >= 4 is 34.6 Å². The van der Waals surface area contributed by atoms with Gasteiger partial charge in [-0.3, -0.25) is 9.69 Å². The number of amides is 1. The number of ether oxygens (including phenoxy) is 1. The van der Waals surface area contributed by atoms with Crippen molar-refractivity contribution in [1.82, 2.24) is 4.90 Å². The first kappa shape index (κ1) is 16.1. The SMILES string of the molecule is COc1cccc(/C=C2\SC(=Nc3cccc(O)c3)N(C)C2=O)c1. The van der Waals surface area contributed by atoms with Crippen LogP contribution in [0.4, 0.5) is 5.69 Å². The van der Waals surface area contributed by atoms with E-state index in [9.17, 15) is 9.90 Å². The van der Waals surface area contributed by atoms with Gasteiger partial charge in [0.15, 0.2) is 5.17 Å². The van der Waals surface area contributed by atoms with Crippen LogP contribution in [0, 0.1) is 0 Å². The minimum absolute atomic E-state index is 0.110. The highest BCUT2D eigenvalue weighted by atomic mass is 32.2. The van der Waals surface area contributed by atoms with Gasteiger partial charge in [0.05, 0.1) is 17.7 Å². The van der Waals surface area contributed by atoms with E-state index in [2.05, 4.69) is 4.99 Å². The van der Waals surface area contributed by atoms with Gasteiger partial charge in [0.25, 0.3) is 5.91 Å². The van der Waals surface area contributed by atoms with Crippen LogP contribution in [-0.2, 0) is 4.79 Å². The Morgan fingerprint density at radius 1 is 1.21 bits per heavy atom. The lowest BCUT2D eigenvalue weighted by atomic mass is 10.2. The Morgan fingerprint density at radius 3 is 2.75 bits per heavy atom. The number of benzene rings is 2. The highest BCUT2D eigenvalue weighted by Gasteiger charge is 2.30. The third kappa shape index (κ3) is 3.44. The summed E-state index contributed by atoms with van der Waals surface area (Å²) in [4.78, 5) is 18.9. The van der Waals surface area contributed by atoms with Gasteiger partial charge in [0.1, 0.15) is 11.5 Å². The minimum atomic E-state index is -0.110. The highest BCUT2D eigenvalue weighted by Crippen LogP contribution is 2.33. The van der Waals surface area contributed by atoms with Gasteiger partial charge in [-0.05, 0) is 47.7 Å². The van der Waals surface area contributed by atoms with Crippen LogP contribution in [0.25, 0.3) is 6.08 Å². The summed E-state index contributed by atoms with van der Waals surface area (Å²) >= 11 is 1.30. The lowest BCUT2D eigenvalue weighted by Gasteiger charge is -2.07. The van der Waals surface area contributed by atoms with E-state index in [1.807, 2.05) is 30.3 Å². The van der Waals surface area contributed by atoms with Crippen molar-refractivity contribution in [2.75, 3.05) is 14.2 Å². The fourth-order valence-electron chi connectivity index (χ4n) is 2.21. The van der Waals surface area contributed by atoms with E-state index in [0.717, 1.165) is 11.3 Å². The van der Waals surface area contributed by atoms with Crippen LogP contribution in [0.1, 0.15) is 5.56 Å². The molecule has 0 unspecified atom stereocenters. The average molecular weight is 340 g/mol. The number of carbonyl (C=O) groups is 1. The maximum absolute atomic E-state index is 12.4. The normalized spacial score (nSPS) is 17.8. The number of likely N-dealkylation sites (N-methyl/N-ethyl adjacent to an activating group) is 1. The van der Waals surface area contributed by atoms with E-state index in [-0.39, 0.29) is 11.7 Å². The fraction of sp³-hybridized carbons (Fsp3) is 0.111. The second kappa shape index (κ2) is 6.80. The molecule has 0 radical (unpaired) electrons. The van der Waals surface area contributed by atoms with Crippen molar-refractivity contribution in [2.24, 2.45) is 4.99 Å². The predicted molar refractivity (Wildman–Crippen MR) is 96.5 cm³/mol. The molecule has 122 valence electrons. The van der Waals surface area contributed by atoms with Gasteiger partial charge in [-0.15, -0.1) is 0 Å². The van der Waals surface area contributed by atoms with E-state index < -0.39 is 0 Å². The summed E-state index contributed by atoms with van der Waals surface area (Å²) in [5.74, 6) is 0.768. The number of rotatable bonds is 3. The summed E-state index contributed by atoms with van der Waals surface area (Å²) in [5.41, 5.74) is 1.48. The van der Waals surface area contributed by atoms with Gasteiger partial charge in [-0.25, -0.2) is 4.99 Å². The zero-order valence-electron chi connectivity index (χ0n) is 13.3. The summed E-state index contributed by atoms with van der Waals surface area (Å²) in [6.07, 6.45) is 1.82. The van der Waals surface area contributed by atoms with Crippen LogP contribution in [-0.4, -0.2) is 35.2 Å². The highest BCUT2D eigenvalue weighted by molar-refractivity contribution is 8.18. The van der Waals surface area contributed by atoms with Crippen molar-refractivity contribution in [3.05, 3.63) is 59.0 Å². The molecule has 6 heteroatoms. The average Bonchev–Trinajstić information content (AvgIpc) is 2.83. The third-order valence-electron chi connectivity index (χ3n) is 3.45. The van der Waals surface area contributed by atoms with E-state index in [1.54, 1.807) is 38.4 Å². The molecular formula is C18H16N2O3S. The van der Waals surface area contributed by atoms with E-state index in [1.165, 1.54) is 16.7 Å². The molecule has 2 aromatic carbocycles.